The van der Waals surface area contributed by atoms with E-state index < -0.39 is 11.6 Å². The Morgan fingerprint density at radius 2 is 2.00 bits per heavy atom. The number of esters is 1. The predicted molar refractivity (Wildman–Crippen MR) is 76.6 cm³/mol. The van der Waals surface area contributed by atoms with Gasteiger partial charge in [0.25, 0.3) is 0 Å². The SMILES string of the molecule is COC(=O)C1(C)CC2=C(CC(c3ccccc3)CC2=O)O1. The molecule has 110 valence electrons. The Bertz CT molecular complexity index is 617. The second kappa shape index (κ2) is 5.02. The van der Waals surface area contributed by atoms with E-state index in [0.717, 1.165) is 5.56 Å². The summed E-state index contributed by atoms with van der Waals surface area (Å²) in [6.07, 6.45) is 1.45. The normalized spacial score (nSPS) is 28.1. The minimum absolute atomic E-state index is 0.0812. The Kier molecular flexibility index (Phi) is 3.32. The van der Waals surface area contributed by atoms with Crippen molar-refractivity contribution >= 4 is 11.8 Å². The van der Waals surface area contributed by atoms with E-state index in [9.17, 15) is 9.59 Å². The van der Waals surface area contributed by atoms with E-state index in [1.165, 1.54) is 7.11 Å². The van der Waals surface area contributed by atoms with Crippen LogP contribution in [0, 0.1) is 0 Å². The fraction of sp³-hybridized carbons (Fsp3) is 0.412. The molecule has 0 saturated heterocycles. The highest BCUT2D eigenvalue weighted by Crippen LogP contribution is 2.44. The Labute approximate surface area is 123 Å². The van der Waals surface area contributed by atoms with Crippen LogP contribution < -0.4 is 0 Å². The highest BCUT2D eigenvalue weighted by Gasteiger charge is 2.48. The minimum Gasteiger partial charge on any atom is -0.479 e. The molecule has 3 rings (SSSR count). The van der Waals surface area contributed by atoms with Gasteiger partial charge in [-0.15, -0.1) is 0 Å². The highest BCUT2D eigenvalue weighted by atomic mass is 16.6. The Morgan fingerprint density at radius 3 is 2.67 bits per heavy atom. The Balaban J connectivity index is 1.84. The summed E-state index contributed by atoms with van der Waals surface area (Å²) in [6, 6.07) is 9.95. The zero-order valence-corrected chi connectivity index (χ0v) is 12.2. The molecule has 4 heteroatoms. The van der Waals surface area contributed by atoms with Crippen LogP contribution in [0.15, 0.2) is 41.7 Å². The van der Waals surface area contributed by atoms with Gasteiger partial charge in [-0.05, 0) is 18.4 Å². The van der Waals surface area contributed by atoms with Crippen molar-refractivity contribution in [3.8, 4) is 0 Å². The van der Waals surface area contributed by atoms with Gasteiger partial charge in [-0.3, -0.25) is 4.79 Å². The molecule has 0 fully saturated rings. The Morgan fingerprint density at radius 1 is 1.29 bits per heavy atom. The molecule has 0 N–H and O–H groups in total. The van der Waals surface area contributed by atoms with Crippen LogP contribution in [-0.2, 0) is 19.1 Å². The number of ketones is 1. The lowest BCUT2D eigenvalue weighted by atomic mass is 9.81. The van der Waals surface area contributed by atoms with Gasteiger partial charge in [0.2, 0.25) is 5.60 Å². The fourth-order valence-electron chi connectivity index (χ4n) is 3.16. The molecular formula is C17H18O4. The molecule has 0 spiro atoms. The van der Waals surface area contributed by atoms with Gasteiger partial charge in [-0.2, -0.15) is 0 Å². The quantitative estimate of drug-likeness (QED) is 0.784. The summed E-state index contributed by atoms with van der Waals surface area (Å²) in [5.41, 5.74) is 0.739. The molecule has 1 aromatic carbocycles. The molecule has 0 bridgehead atoms. The summed E-state index contributed by atoms with van der Waals surface area (Å²) < 4.78 is 10.6. The first kappa shape index (κ1) is 13.9. The Hall–Kier alpha value is -2.10. The van der Waals surface area contributed by atoms with Crippen LogP contribution in [0.3, 0.4) is 0 Å². The van der Waals surface area contributed by atoms with Crippen LogP contribution >= 0.6 is 0 Å². The maximum Gasteiger partial charge on any atom is 0.350 e. The van der Waals surface area contributed by atoms with E-state index >= 15 is 0 Å². The summed E-state index contributed by atoms with van der Waals surface area (Å²) >= 11 is 0. The standard InChI is InChI=1S/C17H18O4/c1-17(16(19)20-2)10-13-14(18)8-12(9-15(13)21-17)11-6-4-3-5-7-11/h3-7,12H,8-10H2,1-2H3. The molecule has 2 aliphatic rings. The van der Waals surface area contributed by atoms with Gasteiger partial charge in [-0.25, -0.2) is 4.79 Å². The second-order valence-corrected chi connectivity index (χ2v) is 5.84. The molecule has 1 aromatic rings. The molecule has 0 saturated carbocycles. The van der Waals surface area contributed by atoms with Crippen LogP contribution in [-0.4, -0.2) is 24.5 Å². The average molecular weight is 286 g/mol. The van der Waals surface area contributed by atoms with E-state index in [1.54, 1.807) is 6.92 Å². The van der Waals surface area contributed by atoms with Crippen LogP contribution in [0.5, 0.6) is 0 Å². The van der Waals surface area contributed by atoms with Gasteiger partial charge in [0, 0.05) is 24.8 Å². The number of allylic oxidation sites excluding steroid dienone is 1. The summed E-state index contributed by atoms with van der Waals surface area (Å²) in [6.45, 7) is 1.68. The van der Waals surface area contributed by atoms with Gasteiger partial charge in [-0.1, -0.05) is 30.3 Å². The topological polar surface area (TPSA) is 52.6 Å². The maximum absolute atomic E-state index is 12.4. The molecule has 1 heterocycles. The van der Waals surface area contributed by atoms with E-state index in [1.807, 2.05) is 30.3 Å². The lowest BCUT2D eigenvalue weighted by Gasteiger charge is -2.24. The van der Waals surface area contributed by atoms with E-state index in [-0.39, 0.29) is 11.7 Å². The zero-order chi connectivity index (χ0) is 15.0. The average Bonchev–Trinajstić information content (AvgIpc) is 2.86. The van der Waals surface area contributed by atoms with Crippen molar-refractivity contribution in [3.63, 3.8) is 0 Å². The maximum atomic E-state index is 12.4. The first-order chi connectivity index (χ1) is 10.0. The minimum atomic E-state index is -1.05. The van der Waals surface area contributed by atoms with Crippen molar-refractivity contribution in [2.45, 2.75) is 37.7 Å². The van der Waals surface area contributed by atoms with E-state index in [4.69, 9.17) is 9.47 Å². The predicted octanol–water partition coefficient (Wildman–Crippen LogP) is 2.74. The molecule has 4 nitrogen and oxygen atoms in total. The summed E-state index contributed by atoms with van der Waals surface area (Å²) in [5, 5.41) is 0. The number of hydrogen-bond acceptors (Lipinski definition) is 4. The second-order valence-electron chi connectivity index (χ2n) is 5.84. The monoisotopic (exact) mass is 286 g/mol. The molecular weight excluding hydrogens is 268 g/mol. The fourth-order valence-corrected chi connectivity index (χ4v) is 3.16. The molecule has 0 aromatic heterocycles. The third-order valence-corrected chi connectivity index (χ3v) is 4.29. The first-order valence-electron chi connectivity index (χ1n) is 7.11. The van der Waals surface area contributed by atoms with Crippen molar-refractivity contribution < 1.29 is 19.1 Å². The molecule has 1 aliphatic heterocycles. The lowest BCUT2D eigenvalue weighted by Crippen LogP contribution is -2.36. The van der Waals surface area contributed by atoms with Crippen molar-refractivity contribution in [1.82, 2.24) is 0 Å². The molecule has 21 heavy (non-hydrogen) atoms. The van der Waals surface area contributed by atoms with Gasteiger partial charge in [0.15, 0.2) is 5.78 Å². The summed E-state index contributed by atoms with van der Waals surface area (Å²) in [7, 11) is 1.34. The highest BCUT2D eigenvalue weighted by molar-refractivity contribution is 5.99. The van der Waals surface area contributed by atoms with Crippen molar-refractivity contribution in [3.05, 3.63) is 47.2 Å². The van der Waals surface area contributed by atoms with Crippen molar-refractivity contribution in [2.75, 3.05) is 7.11 Å². The first-order valence-corrected chi connectivity index (χ1v) is 7.11. The number of rotatable bonds is 2. The van der Waals surface area contributed by atoms with Gasteiger partial charge >= 0.3 is 5.97 Å². The molecule has 0 radical (unpaired) electrons. The number of carbonyl (C=O) groups is 2. The van der Waals surface area contributed by atoms with Gasteiger partial charge in [0.1, 0.15) is 5.76 Å². The third kappa shape index (κ3) is 2.35. The largest absolute Gasteiger partial charge is 0.479 e. The third-order valence-electron chi connectivity index (χ3n) is 4.29. The van der Waals surface area contributed by atoms with Gasteiger partial charge in [0.05, 0.1) is 7.11 Å². The van der Waals surface area contributed by atoms with E-state index in [0.29, 0.717) is 30.6 Å². The summed E-state index contributed by atoms with van der Waals surface area (Å²) in [5.74, 6) is 0.434. The van der Waals surface area contributed by atoms with Crippen molar-refractivity contribution in [2.24, 2.45) is 0 Å². The number of carbonyl (C=O) groups excluding carboxylic acids is 2. The lowest BCUT2D eigenvalue weighted by molar-refractivity contribution is -0.160. The number of hydrogen-bond donors (Lipinski definition) is 0. The summed E-state index contributed by atoms with van der Waals surface area (Å²) in [4.78, 5) is 24.2. The van der Waals surface area contributed by atoms with Crippen LogP contribution in [0.25, 0.3) is 0 Å². The van der Waals surface area contributed by atoms with Gasteiger partial charge < -0.3 is 9.47 Å². The molecule has 0 amide bonds. The van der Waals surface area contributed by atoms with Crippen molar-refractivity contribution in [1.29, 1.82) is 0 Å². The van der Waals surface area contributed by atoms with E-state index in [2.05, 4.69) is 0 Å². The smallest absolute Gasteiger partial charge is 0.350 e. The molecule has 2 atom stereocenters. The van der Waals surface area contributed by atoms with Crippen LogP contribution in [0.1, 0.15) is 37.7 Å². The zero-order valence-electron chi connectivity index (χ0n) is 12.2. The number of methoxy groups -OCH3 is 1. The number of ether oxygens (including phenoxy) is 2. The molecule has 2 unspecified atom stereocenters. The number of benzene rings is 1. The number of Topliss-reactive ketones (excluding diaryl/α,β-unsaturated/α-hetero) is 1. The molecule has 1 aliphatic carbocycles. The van der Waals surface area contributed by atoms with Crippen LogP contribution in [0.4, 0.5) is 0 Å². The van der Waals surface area contributed by atoms with Crippen LogP contribution in [0.2, 0.25) is 0 Å².